The van der Waals surface area contributed by atoms with Gasteiger partial charge in [0.05, 0.1) is 7.11 Å². The first kappa shape index (κ1) is 14.3. The summed E-state index contributed by atoms with van der Waals surface area (Å²) in [6, 6.07) is 0. The van der Waals surface area contributed by atoms with Crippen molar-refractivity contribution in [2.45, 2.75) is 25.7 Å². The second kappa shape index (κ2) is 8.38. The molecule has 1 rings (SSSR count). The summed E-state index contributed by atoms with van der Waals surface area (Å²) in [6.45, 7) is 1.43. The molecule has 0 unspecified atom stereocenters. The highest BCUT2D eigenvalue weighted by atomic mass is 16.6. The van der Waals surface area contributed by atoms with Crippen molar-refractivity contribution in [1.29, 1.82) is 0 Å². The fraction of sp³-hybridized carbons (Fsp3) is 0.667. The van der Waals surface area contributed by atoms with E-state index in [1.807, 2.05) is 0 Å². The average Bonchev–Trinajstić information content (AvgIpc) is 2.43. The van der Waals surface area contributed by atoms with Gasteiger partial charge in [0.25, 0.3) is 5.91 Å². The maximum absolute atomic E-state index is 11.5. The van der Waals surface area contributed by atoms with Gasteiger partial charge < -0.3 is 19.5 Å². The zero-order valence-electron chi connectivity index (χ0n) is 10.6. The van der Waals surface area contributed by atoms with E-state index in [4.69, 9.17) is 9.47 Å². The molecule has 6 nitrogen and oxygen atoms in total. The second-order valence-electron chi connectivity index (χ2n) is 3.84. The number of methoxy groups -OCH3 is 1. The predicted octanol–water partition coefficient (Wildman–Crippen LogP) is 0.724. The van der Waals surface area contributed by atoms with Gasteiger partial charge in [-0.1, -0.05) is 6.42 Å². The summed E-state index contributed by atoms with van der Waals surface area (Å²) in [6.07, 6.45) is 4.20. The Bertz CT molecular complexity index is 314. The highest BCUT2D eigenvalue weighted by molar-refractivity contribution is 5.91. The van der Waals surface area contributed by atoms with Crippen LogP contribution < -0.4 is 5.32 Å². The van der Waals surface area contributed by atoms with Crippen LogP contribution in [-0.2, 0) is 23.8 Å². The lowest BCUT2D eigenvalue weighted by Crippen LogP contribution is -2.29. The third-order valence-corrected chi connectivity index (χ3v) is 2.44. The third-order valence-electron chi connectivity index (χ3n) is 2.44. The summed E-state index contributed by atoms with van der Waals surface area (Å²) in [5.41, 5.74) is 0. The number of nitrogens with one attached hydrogen (secondary N) is 1. The smallest absolute Gasteiger partial charge is 0.305 e. The molecule has 0 atom stereocenters. The summed E-state index contributed by atoms with van der Waals surface area (Å²) >= 11 is 0. The molecule has 0 saturated heterocycles. The van der Waals surface area contributed by atoms with Crippen molar-refractivity contribution in [2.75, 3.05) is 26.9 Å². The molecule has 102 valence electrons. The Morgan fingerprint density at radius 2 is 2.17 bits per heavy atom. The number of amides is 1. The molecular formula is C12H19NO5. The lowest BCUT2D eigenvalue weighted by molar-refractivity contribution is -0.140. The number of esters is 1. The van der Waals surface area contributed by atoms with Crippen molar-refractivity contribution in [2.24, 2.45) is 0 Å². The molecule has 1 N–H and O–H groups in total. The molecule has 1 aliphatic heterocycles. The van der Waals surface area contributed by atoms with E-state index >= 15 is 0 Å². The summed E-state index contributed by atoms with van der Waals surface area (Å²) in [4.78, 5) is 22.4. The number of ether oxygens (including phenoxy) is 3. The van der Waals surface area contributed by atoms with E-state index in [-0.39, 0.29) is 17.6 Å². The molecule has 18 heavy (non-hydrogen) atoms. The van der Waals surface area contributed by atoms with Gasteiger partial charge in [0.1, 0.15) is 19.5 Å². The van der Waals surface area contributed by atoms with E-state index in [1.54, 1.807) is 0 Å². The average molecular weight is 257 g/mol. The molecule has 1 amide bonds. The van der Waals surface area contributed by atoms with Crippen LogP contribution in [0, 0.1) is 0 Å². The molecule has 1 heterocycles. The van der Waals surface area contributed by atoms with Crippen LogP contribution in [0.3, 0.4) is 0 Å². The fourth-order valence-corrected chi connectivity index (χ4v) is 1.45. The molecule has 0 aromatic carbocycles. The van der Waals surface area contributed by atoms with E-state index in [0.717, 1.165) is 19.3 Å². The zero-order chi connectivity index (χ0) is 13.2. The van der Waals surface area contributed by atoms with Crippen molar-refractivity contribution < 1.29 is 23.8 Å². The third kappa shape index (κ3) is 5.56. The van der Waals surface area contributed by atoms with Gasteiger partial charge in [-0.25, -0.2) is 0 Å². The highest BCUT2D eigenvalue weighted by Gasteiger charge is 2.13. The molecule has 0 spiro atoms. The summed E-state index contributed by atoms with van der Waals surface area (Å²) < 4.78 is 14.6. The van der Waals surface area contributed by atoms with E-state index in [1.165, 1.54) is 13.4 Å². The van der Waals surface area contributed by atoms with E-state index < -0.39 is 0 Å². The minimum Gasteiger partial charge on any atom is -0.494 e. The normalized spacial score (nSPS) is 13.9. The van der Waals surface area contributed by atoms with Crippen LogP contribution in [0.15, 0.2) is 12.0 Å². The molecule has 0 radical (unpaired) electrons. The van der Waals surface area contributed by atoms with Crippen molar-refractivity contribution in [3.05, 3.63) is 12.0 Å². The maximum Gasteiger partial charge on any atom is 0.305 e. The molecule has 1 aliphatic rings. The first-order valence-electron chi connectivity index (χ1n) is 6.03. The van der Waals surface area contributed by atoms with Gasteiger partial charge in [-0.2, -0.15) is 0 Å². The number of hydrogen-bond donors (Lipinski definition) is 1. The van der Waals surface area contributed by atoms with E-state index in [9.17, 15) is 9.59 Å². The largest absolute Gasteiger partial charge is 0.494 e. The van der Waals surface area contributed by atoms with Gasteiger partial charge in [-0.05, 0) is 12.8 Å². The Morgan fingerprint density at radius 3 is 2.83 bits per heavy atom. The Hall–Kier alpha value is -1.72. The van der Waals surface area contributed by atoms with Crippen LogP contribution in [0.2, 0.25) is 0 Å². The lowest BCUT2D eigenvalue weighted by Gasteiger charge is -2.14. The standard InChI is InChI=1S/C12H19NO5/c1-16-11(14)5-3-2-4-6-13-12(15)10-9-17-7-8-18-10/h9H,2-8H2,1H3,(H,13,15). The van der Waals surface area contributed by atoms with Gasteiger partial charge in [-0.3, -0.25) is 9.59 Å². The number of rotatable bonds is 7. The molecule has 0 fully saturated rings. The number of hydrogen-bond acceptors (Lipinski definition) is 5. The fourth-order valence-electron chi connectivity index (χ4n) is 1.45. The first-order valence-corrected chi connectivity index (χ1v) is 6.03. The molecule has 0 aromatic rings. The van der Waals surface area contributed by atoms with Gasteiger partial charge in [0, 0.05) is 13.0 Å². The van der Waals surface area contributed by atoms with Crippen molar-refractivity contribution in [1.82, 2.24) is 5.32 Å². The number of unbranched alkanes of at least 4 members (excludes halogenated alkanes) is 2. The minimum absolute atomic E-state index is 0.197. The molecular weight excluding hydrogens is 238 g/mol. The molecule has 0 aliphatic carbocycles. The van der Waals surface area contributed by atoms with Crippen molar-refractivity contribution in [3.8, 4) is 0 Å². The van der Waals surface area contributed by atoms with Crippen LogP contribution in [-0.4, -0.2) is 38.7 Å². The predicted molar refractivity (Wildman–Crippen MR) is 63.5 cm³/mol. The van der Waals surface area contributed by atoms with Gasteiger partial charge in [0.2, 0.25) is 5.76 Å². The SMILES string of the molecule is COC(=O)CCCCCNC(=O)C1=COCCO1. The van der Waals surface area contributed by atoms with Crippen LogP contribution in [0.4, 0.5) is 0 Å². The quantitative estimate of drug-likeness (QED) is 0.537. The van der Waals surface area contributed by atoms with Crippen LogP contribution >= 0.6 is 0 Å². The Morgan fingerprint density at radius 1 is 1.33 bits per heavy atom. The highest BCUT2D eigenvalue weighted by Crippen LogP contribution is 2.04. The van der Waals surface area contributed by atoms with Gasteiger partial charge in [-0.15, -0.1) is 0 Å². The van der Waals surface area contributed by atoms with Crippen molar-refractivity contribution >= 4 is 11.9 Å². The van der Waals surface area contributed by atoms with E-state index in [0.29, 0.717) is 26.2 Å². The summed E-state index contributed by atoms with van der Waals surface area (Å²) in [5.74, 6) is -0.240. The zero-order valence-corrected chi connectivity index (χ0v) is 10.6. The Labute approximate surface area is 106 Å². The Kier molecular flexibility index (Phi) is 6.68. The summed E-state index contributed by atoms with van der Waals surface area (Å²) in [5, 5.41) is 2.73. The van der Waals surface area contributed by atoms with E-state index in [2.05, 4.69) is 10.1 Å². The molecule has 0 aromatic heterocycles. The Balaban J connectivity index is 2.02. The van der Waals surface area contributed by atoms with Crippen LogP contribution in [0.25, 0.3) is 0 Å². The molecule has 6 heteroatoms. The monoisotopic (exact) mass is 257 g/mol. The van der Waals surface area contributed by atoms with Crippen LogP contribution in [0.5, 0.6) is 0 Å². The topological polar surface area (TPSA) is 73.9 Å². The van der Waals surface area contributed by atoms with Crippen LogP contribution in [0.1, 0.15) is 25.7 Å². The minimum atomic E-state index is -0.261. The summed E-state index contributed by atoms with van der Waals surface area (Å²) in [7, 11) is 1.38. The molecule has 0 bridgehead atoms. The maximum atomic E-state index is 11.5. The van der Waals surface area contributed by atoms with Gasteiger partial charge in [0.15, 0.2) is 0 Å². The number of carbonyl (C=O) groups is 2. The number of carbonyl (C=O) groups excluding carboxylic acids is 2. The lowest BCUT2D eigenvalue weighted by atomic mass is 10.2. The second-order valence-corrected chi connectivity index (χ2v) is 3.84. The molecule has 0 saturated carbocycles. The first-order chi connectivity index (χ1) is 8.74. The van der Waals surface area contributed by atoms with Gasteiger partial charge >= 0.3 is 5.97 Å². The van der Waals surface area contributed by atoms with Crippen molar-refractivity contribution in [3.63, 3.8) is 0 Å².